The van der Waals surface area contributed by atoms with E-state index in [2.05, 4.69) is 16.7 Å². The number of hydrogen-bond donors (Lipinski definition) is 1. The summed E-state index contributed by atoms with van der Waals surface area (Å²) in [6.45, 7) is 6.06. The molecular formula is C13H18N2O2S. The van der Waals surface area contributed by atoms with Crippen molar-refractivity contribution in [3.05, 3.63) is 28.1 Å². The normalized spacial score (nSPS) is 21.8. The average Bonchev–Trinajstić information content (AvgIpc) is 3.00. The van der Waals surface area contributed by atoms with Crippen LogP contribution in [-0.2, 0) is 10.6 Å². The fraction of sp³-hybridized carbons (Fsp3) is 0.615. The van der Waals surface area contributed by atoms with Crippen LogP contribution < -0.4 is 5.48 Å². The van der Waals surface area contributed by atoms with E-state index in [4.69, 9.17) is 9.36 Å². The van der Waals surface area contributed by atoms with Crippen LogP contribution in [0.3, 0.4) is 0 Å². The summed E-state index contributed by atoms with van der Waals surface area (Å²) in [6, 6.07) is 0. The van der Waals surface area contributed by atoms with Crippen molar-refractivity contribution in [2.24, 2.45) is 0 Å². The molecule has 0 aromatic carbocycles. The number of aromatic nitrogens is 1. The molecule has 5 heteroatoms. The summed E-state index contributed by atoms with van der Waals surface area (Å²) >= 11 is 1.74. The molecule has 3 rings (SSSR count). The Morgan fingerprint density at radius 2 is 2.28 bits per heavy atom. The van der Waals surface area contributed by atoms with Gasteiger partial charge in [-0.15, -0.1) is 11.8 Å². The highest BCUT2D eigenvalue weighted by Crippen LogP contribution is 2.43. The third kappa shape index (κ3) is 2.42. The third-order valence-electron chi connectivity index (χ3n) is 3.24. The van der Waals surface area contributed by atoms with Gasteiger partial charge in [-0.1, -0.05) is 5.16 Å². The molecule has 1 aromatic rings. The van der Waals surface area contributed by atoms with Gasteiger partial charge >= 0.3 is 0 Å². The topological polar surface area (TPSA) is 47.3 Å². The minimum absolute atomic E-state index is 0.217. The van der Waals surface area contributed by atoms with Crippen LogP contribution in [0.25, 0.3) is 0 Å². The standard InChI is InChI=1S/C13H18N2O2S/c1-8-10(12(15-16-8)9-4-5-9)7-18-11-6-13(2,3)17-14-11/h6,9,14H,4-5,7H2,1-3H3. The Morgan fingerprint density at radius 1 is 1.50 bits per heavy atom. The summed E-state index contributed by atoms with van der Waals surface area (Å²) in [5.74, 6) is 2.47. The van der Waals surface area contributed by atoms with E-state index in [1.807, 2.05) is 20.8 Å². The largest absolute Gasteiger partial charge is 0.361 e. The van der Waals surface area contributed by atoms with E-state index >= 15 is 0 Å². The summed E-state index contributed by atoms with van der Waals surface area (Å²) in [4.78, 5) is 5.44. The minimum Gasteiger partial charge on any atom is -0.361 e. The summed E-state index contributed by atoms with van der Waals surface area (Å²) in [6.07, 6.45) is 4.61. The lowest BCUT2D eigenvalue weighted by Gasteiger charge is -2.11. The van der Waals surface area contributed by atoms with E-state index in [0.717, 1.165) is 16.5 Å². The van der Waals surface area contributed by atoms with Crippen molar-refractivity contribution in [1.82, 2.24) is 10.6 Å². The molecule has 1 aromatic heterocycles. The zero-order valence-electron chi connectivity index (χ0n) is 10.9. The Hall–Kier alpha value is -0.940. The highest BCUT2D eigenvalue weighted by Gasteiger charge is 2.31. The number of hydrogen-bond acceptors (Lipinski definition) is 5. The molecule has 1 aliphatic heterocycles. The molecule has 0 bridgehead atoms. The Morgan fingerprint density at radius 3 is 2.89 bits per heavy atom. The molecule has 4 nitrogen and oxygen atoms in total. The maximum atomic E-state index is 5.44. The fourth-order valence-electron chi connectivity index (χ4n) is 2.04. The number of nitrogens with one attached hydrogen (secondary N) is 1. The van der Waals surface area contributed by atoms with E-state index in [9.17, 15) is 0 Å². The van der Waals surface area contributed by atoms with Crippen LogP contribution >= 0.6 is 11.8 Å². The van der Waals surface area contributed by atoms with Gasteiger partial charge in [-0.2, -0.15) is 0 Å². The van der Waals surface area contributed by atoms with Crippen LogP contribution in [0.5, 0.6) is 0 Å². The highest BCUT2D eigenvalue weighted by molar-refractivity contribution is 8.02. The van der Waals surface area contributed by atoms with Crippen LogP contribution in [0.4, 0.5) is 0 Å². The van der Waals surface area contributed by atoms with Gasteiger partial charge in [0.1, 0.15) is 11.4 Å². The molecule has 1 aliphatic carbocycles. The summed E-state index contributed by atoms with van der Waals surface area (Å²) in [5.41, 5.74) is 5.17. The van der Waals surface area contributed by atoms with Gasteiger partial charge in [0.05, 0.1) is 10.7 Å². The predicted octanol–water partition coefficient (Wildman–Crippen LogP) is 3.25. The lowest BCUT2D eigenvalue weighted by atomic mass is 10.1. The quantitative estimate of drug-likeness (QED) is 0.906. The molecule has 0 saturated heterocycles. The molecule has 1 N–H and O–H groups in total. The molecule has 1 fully saturated rings. The monoisotopic (exact) mass is 266 g/mol. The zero-order chi connectivity index (χ0) is 12.8. The van der Waals surface area contributed by atoms with Crippen molar-refractivity contribution in [3.8, 4) is 0 Å². The predicted molar refractivity (Wildman–Crippen MR) is 70.9 cm³/mol. The van der Waals surface area contributed by atoms with Crippen LogP contribution in [0.15, 0.2) is 15.6 Å². The number of rotatable bonds is 4. The maximum Gasteiger partial charge on any atom is 0.137 e. The first-order chi connectivity index (χ1) is 8.55. The molecule has 1 saturated carbocycles. The van der Waals surface area contributed by atoms with E-state index in [1.54, 1.807) is 11.8 Å². The maximum absolute atomic E-state index is 5.44. The lowest BCUT2D eigenvalue weighted by molar-refractivity contribution is -0.0126. The van der Waals surface area contributed by atoms with Gasteiger partial charge in [0.2, 0.25) is 0 Å². The van der Waals surface area contributed by atoms with Gasteiger partial charge in [-0.3, -0.25) is 10.3 Å². The second kappa shape index (κ2) is 4.31. The molecule has 0 spiro atoms. The van der Waals surface area contributed by atoms with Crippen molar-refractivity contribution in [1.29, 1.82) is 0 Å². The first kappa shape index (κ1) is 12.1. The summed E-state index contributed by atoms with van der Waals surface area (Å²) in [7, 11) is 0. The lowest BCUT2D eigenvalue weighted by Crippen LogP contribution is -2.20. The van der Waals surface area contributed by atoms with Crippen LogP contribution in [0.1, 0.15) is 49.6 Å². The average molecular weight is 266 g/mol. The van der Waals surface area contributed by atoms with Crippen molar-refractivity contribution in [3.63, 3.8) is 0 Å². The van der Waals surface area contributed by atoms with E-state index in [-0.39, 0.29) is 5.60 Å². The van der Waals surface area contributed by atoms with Gasteiger partial charge in [0, 0.05) is 17.2 Å². The molecule has 2 aliphatic rings. The highest BCUT2D eigenvalue weighted by atomic mass is 32.2. The van der Waals surface area contributed by atoms with E-state index < -0.39 is 0 Å². The summed E-state index contributed by atoms with van der Waals surface area (Å²) < 4.78 is 5.32. The third-order valence-corrected chi connectivity index (χ3v) is 4.19. The van der Waals surface area contributed by atoms with Crippen LogP contribution in [0, 0.1) is 6.92 Å². The van der Waals surface area contributed by atoms with Gasteiger partial charge in [-0.25, -0.2) is 0 Å². The van der Waals surface area contributed by atoms with E-state index in [0.29, 0.717) is 5.92 Å². The Kier molecular flexibility index (Phi) is 2.90. The Bertz CT molecular complexity index is 489. The second-order valence-electron chi connectivity index (χ2n) is 5.48. The molecule has 0 atom stereocenters. The Labute approximate surface area is 111 Å². The summed E-state index contributed by atoms with van der Waals surface area (Å²) in [5, 5.41) is 5.26. The van der Waals surface area contributed by atoms with Crippen molar-refractivity contribution >= 4 is 11.8 Å². The van der Waals surface area contributed by atoms with E-state index in [1.165, 1.54) is 24.1 Å². The van der Waals surface area contributed by atoms with Crippen LogP contribution in [-0.4, -0.2) is 10.8 Å². The second-order valence-corrected chi connectivity index (χ2v) is 6.50. The number of thioether (sulfide) groups is 1. The SMILES string of the molecule is Cc1onc(C2CC2)c1CSC1=CC(C)(C)ON1. The number of hydroxylamine groups is 1. The van der Waals surface area contributed by atoms with Gasteiger partial charge in [0.25, 0.3) is 0 Å². The van der Waals surface area contributed by atoms with Crippen molar-refractivity contribution in [2.75, 3.05) is 0 Å². The molecule has 0 unspecified atom stereocenters. The number of aryl methyl sites for hydroxylation is 1. The first-order valence-electron chi connectivity index (χ1n) is 6.30. The minimum atomic E-state index is -0.217. The van der Waals surface area contributed by atoms with Gasteiger partial charge < -0.3 is 4.52 Å². The molecular weight excluding hydrogens is 248 g/mol. The molecule has 0 radical (unpaired) electrons. The first-order valence-corrected chi connectivity index (χ1v) is 7.28. The number of nitrogens with zero attached hydrogens (tertiary/aromatic N) is 1. The van der Waals surface area contributed by atoms with Crippen molar-refractivity contribution < 1.29 is 9.36 Å². The van der Waals surface area contributed by atoms with Crippen LogP contribution in [0.2, 0.25) is 0 Å². The molecule has 2 heterocycles. The van der Waals surface area contributed by atoms with Crippen molar-refractivity contribution in [2.45, 2.75) is 50.9 Å². The smallest absolute Gasteiger partial charge is 0.137 e. The zero-order valence-corrected chi connectivity index (χ0v) is 11.8. The molecule has 98 valence electrons. The fourth-order valence-corrected chi connectivity index (χ4v) is 3.16. The molecule has 18 heavy (non-hydrogen) atoms. The van der Waals surface area contributed by atoms with Gasteiger partial charge in [0.15, 0.2) is 0 Å². The van der Waals surface area contributed by atoms with Gasteiger partial charge in [-0.05, 0) is 39.7 Å². The molecule has 0 amide bonds. The Balaban J connectivity index is 1.68.